The van der Waals surface area contributed by atoms with Gasteiger partial charge in [0.25, 0.3) is 0 Å². The molecule has 0 aliphatic carbocycles. The Balaban J connectivity index is 2.06. The van der Waals surface area contributed by atoms with Gasteiger partial charge in [-0.05, 0) is 25.3 Å². The Morgan fingerprint density at radius 3 is 3.17 bits per heavy atom. The SMILES string of the molecule is C#C/C=C/COC1CCCCO1. The number of hydrogen-bond donors (Lipinski definition) is 0. The van der Waals surface area contributed by atoms with Gasteiger partial charge in [-0.15, -0.1) is 6.42 Å². The summed E-state index contributed by atoms with van der Waals surface area (Å²) in [5, 5.41) is 0. The molecule has 1 unspecified atom stereocenters. The Bertz CT molecular complexity index is 173. The van der Waals surface area contributed by atoms with Gasteiger partial charge in [-0.3, -0.25) is 0 Å². The summed E-state index contributed by atoms with van der Waals surface area (Å²) in [4.78, 5) is 0. The highest BCUT2D eigenvalue weighted by molar-refractivity contribution is 5.08. The maximum Gasteiger partial charge on any atom is 0.157 e. The van der Waals surface area contributed by atoms with Gasteiger partial charge in [-0.2, -0.15) is 0 Å². The first kappa shape index (κ1) is 9.31. The highest BCUT2D eigenvalue weighted by Gasteiger charge is 2.12. The van der Waals surface area contributed by atoms with Crippen LogP contribution in [0.2, 0.25) is 0 Å². The molecule has 66 valence electrons. The lowest BCUT2D eigenvalue weighted by molar-refractivity contribution is -0.155. The van der Waals surface area contributed by atoms with Crippen molar-refractivity contribution in [3.8, 4) is 12.3 Å². The Kier molecular flexibility index (Phi) is 4.51. The van der Waals surface area contributed by atoms with Gasteiger partial charge in [0, 0.05) is 6.61 Å². The third-order valence-electron chi connectivity index (χ3n) is 1.73. The molecule has 0 amide bonds. The van der Waals surface area contributed by atoms with E-state index in [9.17, 15) is 0 Å². The van der Waals surface area contributed by atoms with E-state index < -0.39 is 0 Å². The molecule has 1 aliphatic rings. The van der Waals surface area contributed by atoms with Gasteiger partial charge in [0.15, 0.2) is 6.29 Å². The molecule has 0 aromatic carbocycles. The van der Waals surface area contributed by atoms with Crippen molar-refractivity contribution < 1.29 is 9.47 Å². The second kappa shape index (κ2) is 5.82. The molecule has 1 atom stereocenters. The van der Waals surface area contributed by atoms with Crippen LogP contribution in [0.3, 0.4) is 0 Å². The van der Waals surface area contributed by atoms with E-state index in [1.54, 1.807) is 6.08 Å². The lowest BCUT2D eigenvalue weighted by Gasteiger charge is -2.21. The molecule has 2 nitrogen and oxygen atoms in total. The second-order valence-electron chi connectivity index (χ2n) is 2.70. The fraction of sp³-hybridized carbons (Fsp3) is 0.600. The molecule has 0 bridgehead atoms. The Labute approximate surface area is 73.6 Å². The van der Waals surface area contributed by atoms with Crippen LogP contribution in [0.5, 0.6) is 0 Å². The van der Waals surface area contributed by atoms with E-state index in [0.29, 0.717) is 6.61 Å². The summed E-state index contributed by atoms with van der Waals surface area (Å²) >= 11 is 0. The maximum absolute atomic E-state index is 5.38. The summed E-state index contributed by atoms with van der Waals surface area (Å²) < 4.78 is 10.7. The van der Waals surface area contributed by atoms with Crippen LogP contribution < -0.4 is 0 Å². The van der Waals surface area contributed by atoms with Crippen molar-refractivity contribution in [2.75, 3.05) is 13.2 Å². The zero-order valence-corrected chi connectivity index (χ0v) is 7.16. The molecule has 1 fully saturated rings. The molecular formula is C10H14O2. The van der Waals surface area contributed by atoms with E-state index in [4.69, 9.17) is 15.9 Å². The van der Waals surface area contributed by atoms with Gasteiger partial charge < -0.3 is 9.47 Å². The van der Waals surface area contributed by atoms with Gasteiger partial charge in [0.2, 0.25) is 0 Å². The van der Waals surface area contributed by atoms with Gasteiger partial charge in [-0.25, -0.2) is 0 Å². The van der Waals surface area contributed by atoms with Crippen molar-refractivity contribution in [1.82, 2.24) is 0 Å². The topological polar surface area (TPSA) is 18.5 Å². The second-order valence-corrected chi connectivity index (χ2v) is 2.70. The van der Waals surface area contributed by atoms with Crippen LogP contribution in [0.15, 0.2) is 12.2 Å². The molecule has 12 heavy (non-hydrogen) atoms. The largest absolute Gasteiger partial charge is 0.353 e. The molecule has 1 heterocycles. The van der Waals surface area contributed by atoms with Gasteiger partial charge >= 0.3 is 0 Å². The molecule has 0 aromatic rings. The summed E-state index contributed by atoms with van der Waals surface area (Å²) in [5.74, 6) is 2.40. The summed E-state index contributed by atoms with van der Waals surface area (Å²) in [5.41, 5.74) is 0. The van der Waals surface area contributed by atoms with E-state index >= 15 is 0 Å². The Morgan fingerprint density at radius 2 is 2.50 bits per heavy atom. The average molecular weight is 166 g/mol. The summed E-state index contributed by atoms with van der Waals surface area (Å²) in [7, 11) is 0. The maximum atomic E-state index is 5.38. The van der Waals surface area contributed by atoms with Crippen molar-refractivity contribution in [2.24, 2.45) is 0 Å². The lowest BCUT2D eigenvalue weighted by atomic mass is 10.2. The van der Waals surface area contributed by atoms with Crippen LogP contribution in [0.25, 0.3) is 0 Å². The molecule has 0 aromatic heterocycles. The quantitative estimate of drug-likeness (QED) is 0.594. The van der Waals surface area contributed by atoms with E-state index in [1.807, 2.05) is 6.08 Å². The van der Waals surface area contributed by atoms with E-state index in [0.717, 1.165) is 19.4 Å². The van der Waals surface area contributed by atoms with E-state index in [-0.39, 0.29) is 6.29 Å². The standard InChI is InChI=1S/C10H14O2/c1-2-3-5-8-11-10-7-4-6-9-12-10/h1,3,5,10H,4,6-9H2/b5-3+. The minimum atomic E-state index is -0.0128. The van der Waals surface area contributed by atoms with Crippen molar-refractivity contribution >= 4 is 0 Å². The highest BCUT2D eigenvalue weighted by atomic mass is 16.7. The summed E-state index contributed by atoms with van der Waals surface area (Å²) in [6, 6.07) is 0. The minimum absolute atomic E-state index is 0.0128. The van der Waals surface area contributed by atoms with E-state index in [1.165, 1.54) is 6.42 Å². The molecule has 1 rings (SSSR count). The first-order valence-electron chi connectivity index (χ1n) is 4.28. The van der Waals surface area contributed by atoms with Crippen LogP contribution in [-0.4, -0.2) is 19.5 Å². The number of allylic oxidation sites excluding steroid dienone is 1. The van der Waals surface area contributed by atoms with Crippen LogP contribution in [0.1, 0.15) is 19.3 Å². The Morgan fingerprint density at radius 1 is 1.58 bits per heavy atom. The third kappa shape index (κ3) is 3.56. The fourth-order valence-corrected chi connectivity index (χ4v) is 1.12. The predicted octanol–water partition coefficient (Wildman–Crippen LogP) is 1.72. The number of rotatable bonds is 3. The minimum Gasteiger partial charge on any atom is -0.353 e. The number of terminal acetylenes is 1. The molecule has 0 N–H and O–H groups in total. The highest BCUT2D eigenvalue weighted by Crippen LogP contribution is 2.13. The normalized spacial score (nSPS) is 24.1. The zero-order valence-electron chi connectivity index (χ0n) is 7.16. The molecule has 2 heteroatoms. The number of hydrogen-bond acceptors (Lipinski definition) is 2. The molecular weight excluding hydrogens is 152 g/mol. The Hall–Kier alpha value is -0.780. The van der Waals surface area contributed by atoms with E-state index in [2.05, 4.69) is 5.92 Å². The third-order valence-corrected chi connectivity index (χ3v) is 1.73. The van der Waals surface area contributed by atoms with Crippen molar-refractivity contribution in [1.29, 1.82) is 0 Å². The monoisotopic (exact) mass is 166 g/mol. The van der Waals surface area contributed by atoms with Crippen LogP contribution in [0, 0.1) is 12.3 Å². The predicted molar refractivity (Wildman–Crippen MR) is 47.5 cm³/mol. The molecule has 1 saturated heterocycles. The van der Waals surface area contributed by atoms with Crippen molar-refractivity contribution in [2.45, 2.75) is 25.6 Å². The fourth-order valence-electron chi connectivity index (χ4n) is 1.12. The van der Waals surface area contributed by atoms with Gasteiger partial charge in [0.1, 0.15) is 0 Å². The van der Waals surface area contributed by atoms with Gasteiger partial charge in [-0.1, -0.05) is 12.0 Å². The van der Waals surface area contributed by atoms with Crippen LogP contribution >= 0.6 is 0 Å². The van der Waals surface area contributed by atoms with Gasteiger partial charge in [0.05, 0.1) is 6.61 Å². The molecule has 0 radical (unpaired) electrons. The lowest BCUT2D eigenvalue weighted by Crippen LogP contribution is -2.22. The van der Waals surface area contributed by atoms with Crippen LogP contribution in [-0.2, 0) is 9.47 Å². The smallest absolute Gasteiger partial charge is 0.157 e. The first-order chi connectivity index (χ1) is 5.93. The summed E-state index contributed by atoms with van der Waals surface area (Å²) in [6.45, 7) is 1.37. The first-order valence-corrected chi connectivity index (χ1v) is 4.28. The van der Waals surface area contributed by atoms with Crippen LogP contribution in [0.4, 0.5) is 0 Å². The molecule has 1 aliphatic heterocycles. The zero-order chi connectivity index (χ0) is 8.65. The van der Waals surface area contributed by atoms with Crippen molar-refractivity contribution in [3.05, 3.63) is 12.2 Å². The summed E-state index contributed by atoms with van der Waals surface area (Å²) in [6.07, 6.45) is 11.8. The number of ether oxygens (including phenoxy) is 2. The molecule has 0 saturated carbocycles. The average Bonchev–Trinajstić information content (AvgIpc) is 2.14. The van der Waals surface area contributed by atoms with Crippen molar-refractivity contribution in [3.63, 3.8) is 0 Å². The molecule has 0 spiro atoms.